The van der Waals surface area contributed by atoms with Crippen molar-refractivity contribution < 1.29 is 9.84 Å². The largest absolute Gasteiger partial charge is 0.507 e. The van der Waals surface area contributed by atoms with Crippen molar-refractivity contribution in [3.05, 3.63) is 63.5 Å². The molecule has 0 aliphatic rings. The van der Waals surface area contributed by atoms with Gasteiger partial charge in [0.2, 0.25) is 0 Å². The van der Waals surface area contributed by atoms with E-state index in [2.05, 4.69) is 25.9 Å². The molecule has 0 bridgehead atoms. The number of nitriles is 1. The highest BCUT2D eigenvalue weighted by molar-refractivity contribution is 9.10. The minimum Gasteiger partial charge on any atom is -0.507 e. The van der Waals surface area contributed by atoms with Crippen LogP contribution in [0.25, 0.3) is 16.6 Å². The van der Waals surface area contributed by atoms with Crippen molar-refractivity contribution in [2.24, 2.45) is 0 Å². The Labute approximate surface area is 151 Å². The summed E-state index contributed by atoms with van der Waals surface area (Å²) in [6, 6.07) is 14.5. The number of halogens is 2. The van der Waals surface area contributed by atoms with Gasteiger partial charge in [0.05, 0.1) is 16.1 Å². The highest BCUT2D eigenvalue weighted by Crippen LogP contribution is 2.28. The summed E-state index contributed by atoms with van der Waals surface area (Å²) in [5.74, 6) is 0.477. The second-order valence-corrected chi connectivity index (χ2v) is 6.22. The minimum absolute atomic E-state index is 0.0273. The first kappa shape index (κ1) is 16.4. The average molecular weight is 405 g/mol. The number of ether oxygens (including phenoxy) is 1. The van der Waals surface area contributed by atoms with Crippen LogP contribution in [-0.4, -0.2) is 21.7 Å². The molecule has 3 rings (SSSR count). The molecule has 1 heterocycles. The molecule has 0 amide bonds. The SMILES string of the molecule is N#CC(=C(O)COc1ccc(Br)cc1Cl)c1nc2ccccc2[nH]1. The first-order valence-corrected chi connectivity index (χ1v) is 8.11. The number of nitrogens with one attached hydrogen (secondary N) is 1. The molecule has 2 N–H and O–H groups in total. The quantitative estimate of drug-likeness (QED) is 0.481. The van der Waals surface area contributed by atoms with Crippen molar-refractivity contribution >= 4 is 44.1 Å². The Balaban J connectivity index is 1.86. The van der Waals surface area contributed by atoms with Crippen LogP contribution in [0, 0.1) is 11.3 Å². The Bertz CT molecular complexity index is 942. The van der Waals surface area contributed by atoms with E-state index in [1.54, 1.807) is 18.2 Å². The monoisotopic (exact) mass is 403 g/mol. The first-order chi connectivity index (χ1) is 11.6. The van der Waals surface area contributed by atoms with Gasteiger partial charge in [0.1, 0.15) is 24.0 Å². The summed E-state index contributed by atoms with van der Waals surface area (Å²) in [4.78, 5) is 7.31. The number of aliphatic hydroxyl groups is 1. The predicted octanol–water partition coefficient (Wildman–Crippen LogP) is 4.85. The molecule has 0 spiro atoms. The van der Waals surface area contributed by atoms with E-state index in [-0.39, 0.29) is 17.9 Å². The fraction of sp³-hybridized carbons (Fsp3) is 0.0588. The van der Waals surface area contributed by atoms with Crippen LogP contribution in [0.1, 0.15) is 5.82 Å². The number of H-pyrrole nitrogens is 1. The van der Waals surface area contributed by atoms with Gasteiger partial charge in [-0.2, -0.15) is 5.26 Å². The van der Waals surface area contributed by atoms with Crippen molar-refractivity contribution in [1.29, 1.82) is 5.26 Å². The smallest absolute Gasteiger partial charge is 0.152 e. The Kier molecular flexibility index (Phi) is 4.74. The number of rotatable bonds is 4. The van der Waals surface area contributed by atoms with Gasteiger partial charge < -0.3 is 14.8 Å². The van der Waals surface area contributed by atoms with Gasteiger partial charge in [-0.05, 0) is 30.3 Å². The molecular weight excluding hydrogens is 394 g/mol. The van der Waals surface area contributed by atoms with Crippen molar-refractivity contribution in [2.45, 2.75) is 0 Å². The lowest BCUT2D eigenvalue weighted by Gasteiger charge is -2.08. The van der Waals surface area contributed by atoms with Crippen LogP contribution in [-0.2, 0) is 0 Å². The summed E-state index contributed by atoms with van der Waals surface area (Å²) in [5, 5.41) is 20.0. The molecule has 0 unspecified atom stereocenters. The second-order valence-electron chi connectivity index (χ2n) is 4.90. The normalized spacial score (nSPS) is 11.9. The number of hydrogen-bond donors (Lipinski definition) is 2. The molecule has 0 saturated carbocycles. The van der Waals surface area contributed by atoms with Gasteiger partial charge in [-0.25, -0.2) is 4.98 Å². The fourth-order valence-electron chi connectivity index (χ4n) is 2.14. The van der Waals surface area contributed by atoms with Gasteiger partial charge >= 0.3 is 0 Å². The highest BCUT2D eigenvalue weighted by atomic mass is 79.9. The van der Waals surface area contributed by atoms with Crippen LogP contribution in [0.4, 0.5) is 0 Å². The summed E-state index contributed by atoms with van der Waals surface area (Å²) >= 11 is 9.36. The van der Waals surface area contributed by atoms with Crippen molar-refractivity contribution in [3.63, 3.8) is 0 Å². The van der Waals surface area contributed by atoms with Gasteiger partial charge in [0.25, 0.3) is 0 Å². The molecule has 0 atom stereocenters. The van der Waals surface area contributed by atoms with Crippen LogP contribution in [0.2, 0.25) is 5.02 Å². The third-order valence-corrected chi connectivity index (χ3v) is 4.07. The number of fused-ring (bicyclic) bond motifs is 1. The summed E-state index contributed by atoms with van der Waals surface area (Å²) in [6.07, 6.45) is 0. The maximum atomic E-state index is 10.2. The first-order valence-electron chi connectivity index (χ1n) is 6.93. The number of nitrogens with zero attached hydrogens (tertiary/aromatic N) is 2. The van der Waals surface area contributed by atoms with Crippen LogP contribution in [0.5, 0.6) is 5.75 Å². The van der Waals surface area contributed by atoms with Crippen LogP contribution in [0.15, 0.2) is 52.7 Å². The zero-order valence-corrected chi connectivity index (χ0v) is 14.6. The fourth-order valence-corrected chi connectivity index (χ4v) is 2.86. The van der Waals surface area contributed by atoms with Gasteiger partial charge in [0, 0.05) is 4.47 Å². The van der Waals surface area contributed by atoms with Crippen molar-refractivity contribution in [1.82, 2.24) is 9.97 Å². The lowest BCUT2D eigenvalue weighted by Crippen LogP contribution is -2.04. The summed E-state index contributed by atoms with van der Waals surface area (Å²) in [6.45, 7) is -0.193. The Morgan fingerprint density at radius 3 is 2.83 bits per heavy atom. The van der Waals surface area contributed by atoms with Crippen LogP contribution in [0.3, 0.4) is 0 Å². The average Bonchev–Trinajstić information content (AvgIpc) is 2.98. The molecule has 7 heteroatoms. The molecule has 1 aromatic heterocycles. The number of aromatic amines is 1. The number of benzene rings is 2. The van der Waals surface area contributed by atoms with E-state index in [1.165, 1.54) is 0 Å². The van der Waals surface area contributed by atoms with E-state index >= 15 is 0 Å². The molecule has 0 aliphatic carbocycles. The Hall–Kier alpha value is -2.49. The predicted molar refractivity (Wildman–Crippen MR) is 95.9 cm³/mol. The van der Waals surface area contributed by atoms with Gasteiger partial charge in [-0.3, -0.25) is 0 Å². The summed E-state index contributed by atoms with van der Waals surface area (Å²) < 4.78 is 6.30. The maximum absolute atomic E-state index is 10.2. The van der Waals surface area contributed by atoms with Crippen molar-refractivity contribution in [3.8, 4) is 11.8 Å². The van der Waals surface area contributed by atoms with E-state index in [4.69, 9.17) is 16.3 Å². The third kappa shape index (κ3) is 3.37. The maximum Gasteiger partial charge on any atom is 0.152 e. The topological polar surface area (TPSA) is 81.9 Å². The molecule has 0 radical (unpaired) electrons. The lowest BCUT2D eigenvalue weighted by molar-refractivity contribution is 0.272. The molecular formula is C17H11BrClN3O2. The number of allylic oxidation sites excluding steroid dienone is 1. The molecule has 24 heavy (non-hydrogen) atoms. The molecule has 5 nitrogen and oxygen atoms in total. The van der Waals surface area contributed by atoms with E-state index in [9.17, 15) is 10.4 Å². The number of aromatic nitrogens is 2. The van der Waals surface area contributed by atoms with Crippen LogP contribution < -0.4 is 4.74 Å². The molecule has 0 saturated heterocycles. The van der Waals surface area contributed by atoms with E-state index in [1.807, 2.05) is 30.3 Å². The zero-order valence-electron chi connectivity index (χ0n) is 12.3. The van der Waals surface area contributed by atoms with Crippen molar-refractivity contribution in [2.75, 3.05) is 6.61 Å². The van der Waals surface area contributed by atoms with Crippen LogP contribution >= 0.6 is 27.5 Å². The molecule has 3 aromatic rings. The molecule has 120 valence electrons. The number of imidazole rings is 1. The minimum atomic E-state index is -0.226. The number of aliphatic hydroxyl groups excluding tert-OH is 1. The third-order valence-electron chi connectivity index (χ3n) is 3.28. The second kappa shape index (κ2) is 6.95. The molecule has 0 fully saturated rings. The lowest BCUT2D eigenvalue weighted by atomic mass is 10.2. The zero-order chi connectivity index (χ0) is 17.1. The Morgan fingerprint density at radius 2 is 2.12 bits per heavy atom. The molecule has 2 aromatic carbocycles. The van der Waals surface area contributed by atoms with E-state index < -0.39 is 0 Å². The van der Waals surface area contributed by atoms with Gasteiger partial charge in [0.15, 0.2) is 11.6 Å². The van der Waals surface area contributed by atoms with E-state index in [0.717, 1.165) is 9.99 Å². The molecule has 0 aliphatic heterocycles. The number of para-hydroxylation sites is 2. The Morgan fingerprint density at radius 1 is 1.33 bits per heavy atom. The summed E-state index contributed by atoms with van der Waals surface area (Å²) in [5.41, 5.74) is 1.52. The summed E-state index contributed by atoms with van der Waals surface area (Å²) in [7, 11) is 0. The van der Waals surface area contributed by atoms with E-state index in [0.29, 0.717) is 22.1 Å². The van der Waals surface area contributed by atoms with Gasteiger partial charge in [-0.1, -0.05) is 39.7 Å². The standard InChI is InChI=1S/C17H11BrClN3O2/c18-10-5-6-16(12(19)7-10)24-9-15(23)11(8-20)17-21-13-3-1-2-4-14(13)22-17/h1-7,23H,9H2,(H,21,22). The highest BCUT2D eigenvalue weighted by Gasteiger charge is 2.14. The van der Waals surface area contributed by atoms with Gasteiger partial charge in [-0.15, -0.1) is 0 Å². The number of hydrogen-bond acceptors (Lipinski definition) is 4.